The Morgan fingerprint density at radius 1 is 1.60 bits per heavy atom. The smallest absolute Gasteiger partial charge is 0.234 e. The maximum atomic E-state index is 13.0. The van der Waals surface area contributed by atoms with E-state index < -0.39 is 0 Å². The third kappa shape index (κ3) is 2.89. The van der Waals surface area contributed by atoms with E-state index in [4.69, 9.17) is 4.74 Å². The number of benzene rings is 1. The highest BCUT2D eigenvalue weighted by molar-refractivity contribution is 5.38. The largest absolute Gasteiger partial charge is 0.496 e. The average molecular weight is 209 g/mol. The van der Waals surface area contributed by atoms with E-state index in [0.717, 1.165) is 0 Å². The fourth-order valence-corrected chi connectivity index (χ4v) is 1.36. The standard InChI is InChI=1S/C11H12FNO2/c1-8(6-13-7-14)10-5-9(12)3-4-11(10)15-2/h3-5,8H,6H2,1-2H3. The van der Waals surface area contributed by atoms with Gasteiger partial charge in [0, 0.05) is 11.5 Å². The molecule has 0 saturated carbocycles. The van der Waals surface area contributed by atoms with Crippen LogP contribution in [-0.4, -0.2) is 19.7 Å². The molecule has 0 bridgehead atoms. The molecule has 1 unspecified atom stereocenters. The number of aliphatic imine (C=N–C) groups is 1. The van der Waals surface area contributed by atoms with E-state index in [9.17, 15) is 9.18 Å². The van der Waals surface area contributed by atoms with Gasteiger partial charge in [-0.1, -0.05) is 6.92 Å². The molecule has 3 nitrogen and oxygen atoms in total. The quantitative estimate of drug-likeness (QED) is 0.563. The van der Waals surface area contributed by atoms with Crippen molar-refractivity contribution < 1.29 is 13.9 Å². The summed E-state index contributed by atoms with van der Waals surface area (Å²) < 4.78 is 18.1. The molecule has 1 atom stereocenters. The summed E-state index contributed by atoms with van der Waals surface area (Å²) in [5.41, 5.74) is 0.705. The predicted octanol–water partition coefficient (Wildman–Crippen LogP) is 2.27. The molecule has 80 valence electrons. The maximum absolute atomic E-state index is 13.0. The number of hydrogen-bond donors (Lipinski definition) is 0. The molecular formula is C11H12FNO2. The van der Waals surface area contributed by atoms with Gasteiger partial charge in [-0.15, -0.1) is 0 Å². The molecule has 1 rings (SSSR count). The minimum absolute atomic E-state index is 0.0721. The van der Waals surface area contributed by atoms with Crippen molar-refractivity contribution in [3.8, 4) is 5.75 Å². The van der Waals surface area contributed by atoms with Gasteiger partial charge in [-0.3, -0.25) is 0 Å². The van der Waals surface area contributed by atoms with E-state index in [1.165, 1.54) is 25.3 Å². The van der Waals surface area contributed by atoms with Gasteiger partial charge in [-0.2, -0.15) is 0 Å². The molecule has 0 aliphatic heterocycles. The average Bonchev–Trinajstić information content (AvgIpc) is 2.25. The minimum Gasteiger partial charge on any atom is -0.496 e. The summed E-state index contributed by atoms with van der Waals surface area (Å²) in [7, 11) is 1.52. The van der Waals surface area contributed by atoms with E-state index in [0.29, 0.717) is 11.3 Å². The number of halogens is 1. The Balaban J connectivity index is 2.99. The molecule has 0 N–H and O–H groups in total. The number of carbonyl (C=O) groups excluding carboxylic acids is 1. The Kier molecular flexibility index (Phi) is 4.01. The fraction of sp³-hybridized carbons (Fsp3) is 0.364. The first kappa shape index (κ1) is 11.4. The van der Waals surface area contributed by atoms with Crippen molar-refractivity contribution >= 4 is 6.08 Å². The Bertz CT molecular complexity index is 386. The summed E-state index contributed by atoms with van der Waals surface area (Å²) in [6.07, 6.45) is 1.46. The summed E-state index contributed by atoms with van der Waals surface area (Å²) in [6.45, 7) is 2.13. The number of methoxy groups -OCH3 is 1. The number of isocyanates is 1. The molecule has 0 amide bonds. The van der Waals surface area contributed by atoms with Gasteiger partial charge in [-0.05, 0) is 18.2 Å². The predicted molar refractivity (Wildman–Crippen MR) is 54.4 cm³/mol. The van der Waals surface area contributed by atoms with E-state index in [1.54, 1.807) is 6.07 Å². The monoisotopic (exact) mass is 209 g/mol. The van der Waals surface area contributed by atoms with Gasteiger partial charge in [0.15, 0.2) is 0 Å². The molecule has 1 aromatic carbocycles. The maximum Gasteiger partial charge on any atom is 0.234 e. The normalized spacial score (nSPS) is 11.7. The van der Waals surface area contributed by atoms with Crippen LogP contribution in [0.4, 0.5) is 4.39 Å². The van der Waals surface area contributed by atoms with Gasteiger partial charge in [0.2, 0.25) is 6.08 Å². The van der Waals surface area contributed by atoms with Crippen molar-refractivity contribution in [2.75, 3.05) is 13.7 Å². The van der Waals surface area contributed by atoms with Gasteiger partial charge in [-0.25, -0.2) is 14.2 Å². The van der Waals surface area contributed by atoms with Crippen LogP contribution in [-0.2, 0) is 4.79 Å². The van der Waals surface area contributed by atoms with Crippen LogP contribution < -0.4 is 4.74 Å². The lowest BCUT2D eigenvalue weighted by Gasteiger charge is -2.13. The van der Waals surface area contributed by atoms with Crippen LogP contribution in [0.1, 0.15) is 18.4 Å². The van der Waals surface area contributed by atoms with Crippen LogP contribution in [0.25, 0.3) is 0 Å². The molecule has 0 aromatic heterocycles. The lowest BCUT2D eigenvalue weighted by molar-refractivity contribution is 0.405. The second kappa shape index (κ2) is 5.27. The van der Waals surface area contributed by atoms with Crippen molar-refractivity contribution in [1.82, 2.24) is 0 Å². The summed E-state index contributed by atoms with van der Waals surface area (Å²) in [6, 6.07) is 4.29. The summed E-state index contributed by atoms with van der Waals surface area (Å²) >= 11 is 0. The SMILES string of the molecule is COc1ccc(F)cc1C(C)CN=C=O. The van der Waals surface area contributed by atoms with Crippen LogP contribution in [0, 0.1) is 5.82 Å². The van der Waals surface area contributed by atoms with Crippen molar-refractivity contribution in [2.24, 2.45) is 4.99 Å². The van der Waals surface area contributed by atoms with Gasteiger partial charge < -0.3 is 4.74 Å². The van der Waals surface area contributed by atoms with Crippen LogP contribution in [0.2, 0.25) is 0 Å². The summed E-state index contributed by atoms with van der Waals surface area (Å²) in [5, 5.41) is 0. The Labute approximate surface area is 87.6 Å². The first-order valence-electron chi connectivity index (χ1n) is 4.56. The summed E-state index contributed by atoms with van der Waals surface area (Å²) in [5.74, 6) is 0.204. The van der Waals surface area contributed by atoms with Gasteiger partial charge >= 0.3 is 0 Å². The second-order valence-corrected chi connectivity index (χ2v) is 3.22. The molecular weight excluding hydrogens is 197 g/mol. The molecule has 4 heteroatoms. The zero-order valence-electron chi connectivity index (χ0n) is 8.66. The topological polar surface area (TPSA) is 38.7 Å². The first-order chi connectivity index (χ1) is 7.19. The van der Waals surface area contributed by atoms with Crippen LogP contribution in [0.3, 0.4) is 0 Å². The third-order valence-corrected chi connectivity index (χ3v) is 2.15. The first-order valence-corrected chi connectivity index (χ1v) is 4.56. The van der Waals surface area contributed by atoms with Gasteiger partial charge in [0.05, 0.1) is 13.7 Å². The molecule has 15 heavy (non-hydrogen) atoms. The molecule has 0 fully saturated rings. The van der Waals surface area contributed by atoms with Crippen LogP contribution >= 0.6 is 0 Å². The van der Waals surface area contributed by atoms with E-state index >= 15 is 0 Å². The van der Waals surface area contributed by atoms with Crippen molar-refractivity contribution in [1.29, 1.82) is 0 Å². The fourth-order valence-electron chi connectivity index (χ4n) is 1.36. The highest BCUT2D eigenvalue weighted by Crippen LogP contribution is 2.27. The number of rotatable bonds is 4. The highest BCUT2D eigenvalue weighted by Gasteiger charge is 2.11. The molecule has 1 aromatic rings. The lowest BCUT2D eigenvalue weighted by atomic mass is 10.00. The second-order valence-electron chi connectivity index (χ2n) is 3.22. The van der Waals surface area contributed by atoms with Crippen molar-refractivity contribution in [2.45, 2.75) is 12.8 Å². The Hall–Kier alpha value is -1.67. The number of nitrogens with zero attached hydrogens (tertiary/aromatic N) is 1. The van der Waals surface area contributed by atoms with Gasteiger partial charge in [0.25, 0.3) is 0 Å². The molecule has 0 spiro atoms. The minimum atomic E-state index is -0.326. The van der Waals surface area contributed by atoms with Gasteiger partial charge in [0.1, 0.15) is 11.6 Å². The molecule has 0 saturated heterocycles. The van der Waals surface area contributed by atoms with Crippen molar-refractivity contribution in [3.63, 3.8) is 0 Å². The lowest BCUT2D eigenvalue weighted by Crippen LogP contribution is -2.01. The van der Waals surface area contributed by atoms with E-state index in [1.807, 2.05) is 6.92 Å². The molecule has 0 aliphatic carbocycles. The Morgan fingerprint density at radius 2 is 2.33 bits per heavy atom. The van der Waals surface area contributed by atoms with E-state index in [2.05, 4.69) is 4.99 Å². The van der Waals surface area contributed by atoms with Crippen molar-refractivity contribution in [3.05, 3.63) is 29.6 Å². The molecule has 0 radical (unpaired) electrons. The Morgan fingerprint density at radius 3 is 2.93 bits per heavy atom. The highest BCUT2D eigenvalue weighted by atomic mass is 19.1. The zero-order valence-corrected chi connectivity index (χ0v) is 8.66. The third-order valence-electron chi connectivity index (χ3n) is 2.15. The van der Waals surface area contributed by atoms with E-state index in [-0.39, 0.29) is 18.3 Å². The van der Waals surface area contributed by atoms with Crippen LogP contribution in [0.5, 0.6) is 5.75 Å². The zero-order chi connectivity index (χ0) is 11.3. The van der Waals surface area contributed by atoms with Crippen LogP contribution in [0.15, 0.2) is 23.2 Å². The number of ether oxygens (including phenoxy) is 1. The summed E-state index contributed by atoms with van der Waals surface area (Å²) in [4.78, 5) is 13.4. The molecule has 0 heterocycles. The number of hydrogen-bond acceptors (Lipinski definition) is 3. The molecule has 0 aliphatic rings.